The molecule has 186 valence electrons. The minimum absolute atomic E-state index is 0.226. The maximum absolute atomic E-state index is 13.1. The number of nitrogens with two attached hydrogens (primary N) is 1. The Morgan fingerprint density at radius 2 is 2.00 bits per heavy atom. The van der Waals surface area contributed by atoms with Crippen LogP contribution in [0, 0.1) is 5.82 Å². The number of anilines is 1. The summed E-state index contributed by atoms with van der Waals surface area (Å²) in [5.74, 6) is 0.394. The topological polar surface area (TPSA) is 116 Å². The minimum Gasteiger partial charge on any atom is -0.487 e. The average molecular weight is 529 g/mol. The fourth-order valence-corrected chi connectivity index (χ4v) is 5.39. The Morgan fingerprint density at radius 1 is 1.22 bits per heavy atom. The highest BCUT2D eigenvalue weighted by Gasteiger charge is 2.33. The summed E-state index contributed by atoms with van der Waals surface area (Å²) in [4.78, 5) is 8.51. The second-order valence-corrected chi connectivity index (χ2v) is 10.6. The highest BCUT2D eigenvalue weighted by Crippen LogP contribution is 2.37. The van der Waals surface area contributed by atoms with Gasteiger partial charge in [-0.3, -0.25) is 0 Å². The first-order chi connectivity index (χ1) is 17.3. The second kappa shape index (κ2) is 9.49. The SMILES string of the molecule is C=CS(=O)(=O)N1CC[C@@H](n2nc(-c3ccc(OCc4ccc(F)cc4)c(Cl)c3)c3c(N)ncnc32)C1. The molecule has 9 nitrogen and oxygen atoms in total. The van der Waals surface area contributed by atoms with Crippen LogP contribution in [-0.4, -0.2) is 45.6 Å². The minimum atomic E-state index is -3.54. The van der Waals surface area contributed by atoms with E-state index in [2.05, 4.69) is 16.5 Å². The number of hydrogen-bond acceptors (Lipinski definition) is 7. The van der Waals surface area contributed by atoms with Crippen molar-refractivity contribution in [1.82, 2.24) is 24.1 Å². The van der Waals surface area contributed by atoms with Gasteiger partial charge in [-0.2, -0.15) is 9.40 Å². The molecular weight excluding hydrogens is 507 g/mol. The maximum atomic E-state index is 13.1. The van der Waals surface area contributed by atoms with Crippen molar-refractivity contribution in [1.29, 1.82) is 0 Å². The van der Waals surface area contributed by atoms with E-state index in [4.69, 9.17) is 27.2 Å². The molecule has 0 amide bonds. The number of fused-ring (bicyclic) bond motifs is 1. The Hall–Kier alpha value is -3.54. The normalized spacial score (nSPS) is 16.4. The van der Waals surface area contributed by atoms with Crippen LogP contribution in [0.1, 0.15) is 18.0 Å². The first-order valence-electron chi connectivity index (χ1n) is 11.1. The molecule has 1 fully saturated rings. The average Bonchev–Trinajstić information content (AvgIpc) is 3.51. The predicted molar refractivity (Wildman–Crippen MR) is 135 cm³/mol. The largest absolute Gasteiger partial charge is 0.487 e. The summed E-state index contributed by atoms with van der Waals surface area (Å²) in [6.45, 7) is 4.22. The number of aromatic nitrogens is 4. The fourth-order valence-electron chi connectivity index (χ4n) is 4.21. The van der Waals surface area contributed by atoms with Crippen molar-refractivity contribution >= 4 is 38.5 Å². The smallest absolute Gasteiger partial charge is 0.235 e. The van der Waals surface area contributed by atoms with Crippen LogP contribution in [0.25, 0.3) is 22.3 Å². The molecule has 1 aliphatic heterocycles. The number of rotatable bonds is 7. The van der Waals surface area contributed by atoms with E-state index in [1.54, 1.807) is 35.0 Å². The third-order valence-electron chi connectivity index (χ3n) is 6.07. The van der Waals surface area contributed by atoms with Crippen molar-refractivity contribution in [2.75, 3.05) is 18.8 Å². The van der Waals surface area contributed by atoms with E-state index in [1.807, 2.05) is 0 Å². The van der Waals surface area contributed by atoms with E-state index in [0.717, 1.165) is 11.0 Å². The van der Waals surface area contributed by atoms with Crippen LogP contribution in [0.3, 0.4) is 0 Å². The highest BCUT2D eigenvalue weighted by molar-refractivity contribution is 7.92. The number of halogens is 2. The number of nitrogen functional groups attached to an aromatic ring is 1. The van der Waals surface area contributed by atoms with Crippen molar-refractivity contribution in [2.45, 2.75) is 19.1 Å². The molecule has 12 heteroatoms. The van der Waals surface area contributed by atoms with E-state index in [9.17, 15) is 12.8 Å². The number of sulfonamides is 1. The molecular formula is C24H22ClFN6O3S. The lowest BCUT2D eigenvalue weighted by Crippen LogP contribution is -2.27. The van der Waals surface area contributed by atoms with Gasteiger partial charge in [-0.05, 0) is 42.3 Å². The summed E-state index contributed by atoms with van der Waals surface area (Å²) < 4.78 is 46.5. The third-order valence-corrected chi connectivity index (χ3v) is 7.84. The van der Waals surface area contributed by atoms with Crippen molar-refractivity contribution in [3.8, 4) is 17.0 Å². The Morgan fingerprint density at radius 3 is 2.72 bits per heavy atom. The zero-order valence-electron chi connectivity index (χ0n) is 19.0. The Kier molecular flexibility index (Phi) is 6.37. The summed E-state index contributed by atoms with van der Waals surface area (Å²) >= 11 is 6.52. The van der Waals surface area contributed by atoms with Gasteiger partial charge in [-0.1, -0.05) is 30.3 Å². The zero-order chi connectivity index (χ0) is 25.4. The van der Waals surface area contributed by atoms with Gasteiger partial charge in [0.1, 0.15) is 36.0 Å². The van der Waals surface area contributed by atoms with Gasteiger partial charge in [0.05, 0.1) is 16.5 Å². The van der Waals surface area contributed by atoms with E-state index in [1.165, 1.54) is 22.8 Å². The Balaban J connectivity index is 1.46. The first kappa shape index (κ1) is 24.2. The molecule has 0 radical (unpaired) electrons. The fraction of sp³-hybridized carbons (Fsp3) is 0.208. The van der Waals surface area contributed by atoms with Crippen LogP contribution in [0.2, 0.25) is 5.02 Å². The molecule has 1 saturated heterocycles. The van der Waals surface area contributed by atoms with Gasteiger partial charge in [0.15, 0.2) is 5.65 Å². The van der Waals surface area contributed by atoms with Crippen LogP contribution in [0.4, 0.5) is 10.2 Å². The molecule has 0 unspecified atom stereocenters. The lowest BCUT2D eigenvalue weighted by molar-refractivity contribution is 0.306. The standard InChI is InChI=1S/C24H22ClFN6O3S/c1-2-36(33,34)31-10-9-18(12-31)32-24-21(23(27)28-14-29-24)22(30-32)16-5-8-20(19(25)11-16)35-13-15-3-6-17(26)7-4-15/h2-8,11,14,18H,1,9-10,12-13H2,(H2,27,28,29)/t18-/m1/s1. The van der Waals surface area contributed by atoms with Gasteiger partial charge in [0, 0.05) is 24.1 Å². The van der Waals surface area contributed by atoms with E-state index in [0.29, 0.717) is 46.0 Å². The molecule has 1 aliphatic rings. The predicted octanol–water partition coefficient (Wildman–Crippen LogP) is 4.17. The number of benzene rings is 2. The molecule has 0 aliphatic carbocycles. The van der Waals surface area contributed by atoms with Crippen LogP contribution in [0.15, 0.2) is 60.8 Å². The number of hydrogen-bond donors (Lipinski definition) is 1. The summed E-state index contributed by atoms with van der Waals surface area (Å²) in [6.07, 6.45) is 1.91. The lowest BCUT2D eigenvalue weighted by Gasteiger charge is -2.14. The van der Waals surface area contributed by atoms with Gasteiger partial charge >= 0.3 is 0 Å². The van der Waals surface area contributed by atoms with Crippen LogP contribution in [-0.2, 0) is 16.6 Å². The van der Waals surface area contributed by atoms with Crippen molar-refractivity contribution in [3.05, 3.63) is 77.2 Å². The molecule has 2 aromatic carbocycles. The molecule has 0 bridgehead atoms. The number of nitrogens with zero attached hydrogens (tertiary/aromatic N) is 5. The summed E-state index contributed by atoms with van der Waals surface area (Å²) in [5.41, 5.74) is 8.72. The maximum Gasteiger partial charge on any atom is 0.235 e. The monoisotopic (exact) mass is 528 g/mol. The van der Waals surface area contributed by atoms with Gasteiger partial charge in [-0.25, -0.2) is 27.5 Å². The Labute approximate surface area is 212 Å². The van der Waals surface area contributed by atoms with Gasteiger partial charge in [-0.15, -0.1) is 0 Å². The molecule has 4 aromatic rings. The van der Waals surface area contributed by atoms with E-state index < -0.39 is 10.0 Å². The van der Waals surface area contributed by atoms with E-state index in [-0.39, 0.29) is 30.8 Å². The zero-order valence-corrected chi connectivity index (χ0v) is 20.6. The van der Waals surface area contributed by atoms with Crippen LogP contribution >= 0.6 is 11.6 Å². The molecule has 3 heterocycles. The molecule has 2 aromatic heterocycles. The highest BCUT2D eigenvalue weighted by atomic mass is 35.5. The molecule has 2 N–H and O–H groups in total. The first-order valence-corrected chi connectivity index (χ1v) is 12.9. The third kappa shape index (κ3) is 4.52. The van der Waals surface area contributed by atoms with Gasteiger partial charge in [0.25, 0.3) is 0 Å². The molecule has 36 heavy (non-hydrogen) atoms. The van der Waals surface area contributed by atoms with Crippen molar-refractivity contribution in [3.63, 3.8) is 0 Å². The van der Waals surface area contributed by atoms with E-state index >= 15 is 0 Å². The summed E-state index contributed by atoms with van der Waals surface area (Å²) in [7, 11) is -3.54. The molecule has 1 atom stereocenters. The Bertz CT molecular complexity index is 1560. The van der Waals surface area contributed by atoms with Crippen molar-refractivity contribution in [2.24, 2.45) is 0 Å². The lowest BCUT2D eigenvalue weighted by atomic mass is 10.1. The summed E-state index contributed by atoms with van der Waals surface area (Å²) in [5, 5.41) is 6.63. The van der Waals surface area contributed by atoms with Crippen LogP contribution in [0.5, 0.6) is 5.75 Å². The number of ether oxygens (including phenoxy) is 1. The van der Waals surface area contributed by atoms with Gasteiger partial charge < -0.3 is 10.5 Å². The van der Waals surface area contributed by atoms with Crippen LogP contribution < -0.4 is 10.5 Å². The second-order valence-electron chi connectivity index (χ2n) is 8.32. The summed E-state index contributed by atoms with van der Waals surface area (Å²) in [6, 6.07) is 11.0. The van der Waals surface area contributed by atoms with Crippen molar-refractivity contribution < 1.29 is 17.5 Å². The quantitative estimate of drug-likeness (QED) is 0.382. The molecule has 5 rings (SSSR count). The molecule has 0 saturated carbocycles. The van der Waals surface area contributed by atoms with Gasteiger partial charge in [0.2, 0.25) is 10.0 Å². The molecule has 0 spiro atoms.